The minimum absolute atomic E-state index is 0.0981. The summed E-state index contributed by atoms with van der Waals surface area (Å²) < 4.78 is 0. The number of aliphatic hydroxyl groups excluding tert-OH is 1. The van der Waals surface area contributed by atoms with Gasteiger partial charge in [0.1, 0.15) is 0 Å². The average molecular weight is 185 g/mol. The van der Waals surface area contributed by atoms with Crippen molar-refractivity contribution in [3.05, 3.63) is 0 Å². The summed E-state index contributed by atoms with van der Waals surface area (Å²) in [6, 6.07) is 0. The Hall–Kier alpha value is 0.540. The average Bonchev–Trinajstić information content (AvgIpc) is 1.87. The van der Waals surface area contributed by atoms with Gasteiger partial charge in [0.15, 0.2) is 0 Å². The SMILES string of the molecule is CC(C)C(O)CC(Cl)CCl. The second kappa shape index (κ2) is 5.22. The molecule has 2 unspecified atom stereocenters. The van der Waals surface area contributed by atoms with Gasteiger partial charge < -0.3 is 5.11 Å². The first kappa shape index (κ1) is 10.5. The number of rotatable bonds is 4. The van der Waals surface area contributed by atoms with Crippen LogP contribution in [0.25, 0.3) is 0 Å². The van der Waals surface area contributed by atoms with Crippen molar-refractivity contribution in [3.8, 4) is 0 Å². The second-order valence-electron chi connectivity index (χ2n) is 2.80. The first-order chi connectivity index (χ1) is 4.57. The van der Waals surface area contributed by atoms with Crippen molar-refractivity contribution in [3.63, 3.8) is 0 Å². The Morgan fingerprint density at radius 2 is 1.90 bits per heavy atom. The molecule has 0 amide bonds. The minimum Gasteiger partial charge on any atom is -0.393 e. The van der Waals surface area contributed by atoms with E-state index in [0.29, 0.717) is 12.3 Å². The first-order valence-electron chi connectivity index (χ1n) is 3.46. The van der Waals surface area contributed by atoms with Gasteiger partial charge in [-0.3, -0.25) is 0 Å². The van der Waals surface area contributed by atoms with E-state index in [1.165, 1.54) is 0 Å². The summed E-state index contributed by atoms with van der Waals surface area (Å²) in [5, 5.41) is 9.19. The Bertz CT molecular complexity index is 85.7. The summed E-state index contributed by atoms with van der Waals surface area (Å²) in [6.07, 6.45) is 0.268. The molecule has 0 spiro atoms. The zero-order chi connectivity index (χ0) is 8.15. The molecule has 0 rings (SSSR count). The van der Waals surface area contributed by atoms with Crippen molar-refractivity contribution in [1.82, 2.24) is 0 Å². The fourth-order valence-electron chi connectivity index (χ4n) is 0.597. The normalized spacial score (nSPS) is 17.4. The molecule has 0 saturated heterocycles. The van der Waals surface area contributed by atoms with Crippen molar-refractivity contribution < 1.29 is 5.11 Å². The summed E-state index contributed by atoms with van der Waals surface area (Å²) in [5.41, 5.74) is 0. The highest BCUT2D eigenvalue weighted by molar-refractivity contribution is 6.28. The van der Waals surface area contributed by atoms with Gasteiger partial charge in [0.25, 0.3) is 0 Å². The molecule has 2 atom stereocenters. The van der Waals surface area contributed by atoms with Crippen LogP contribution in [0.4, 0.5) is 0 Å². The first-order valence-corrected chi connectivity index (χ1v) is 4.43. The second-order valence-corrected chi connectivity index (χ2v) is 3.72. The van der Waals surface area contributed by atoms with Crippen LogP contribution in [0, 0.1) is 5.92 Å². The van der Waals surface area contributed by atoms with Gasteiger partial charge in [-0.1, -0.05) is 13.8 Å². The number of aliphatic hydroxyl groups is 1. The van der Waals surface area contributed by atoms with Gasteiger partial charge in [-0.2, -0.15) is 0 Å². The standard InChI is InChI=1S/C7H14Cl2O/c1-5(2)7(10)3-6(9)4-8/h5-7,10H,3-4H2,1-2H3. The summed E-state index contributed by atoms with van der Waals surface area (Å²) in [6.45, 7) is 3.92. The van der Waals surface area contributed by atoms with E-state index in [2.05, 4.69) is 0 Å². The Morgan fingerprint density at radius 3 is 2.20 bits per heavy atom. The Kier molecular flexibility index (Phi) is 5.51. The van der Waals surface area contributed by atoms with Crippen LogP contribution in [0.1, 0.15) is 20.3 Å². The zero-order valence-corrected chi connectivity index (χ0v) is 7.86. The molecule has 1 N–H and O–H groups in total. The third kappa shape index (κ3) is 4.37. The van der Waals surface area contributed by atoms with E-state index in [4.69, 9.17) is 23.2 Å². The lowest BCUT2D eigenvalue weighted by Crippen LogP contribution is -2.20. The molecule has 0 saturated carbocycles. The molecule has 0 aromatic carbocycles. The van der Waals surface area contributed by atoms with Crippen molar-refractivity contribution in [1.29, 1.82) is 0 Å². The van der Waals surface area contributed by atoms with Crippen LogP contribution in [0.2, 0.25) is 0 Å². The number of hydrogen-bond acceptors (Lipinski definition) is 1. The van der Waals surface area contributed by atoms with Crippen molar-refractivity contribution in [2.75, 3.05) is 5.88 Å². The molecule has 0 aromatic rings. The van der Waals surface area contributed by atoms with Gasteiger partial charge in [0.2, 0.25) is 0 Å². The largest absolute Gasteiger partial charge is 0.393 e. The van der Waals surface area contributed by atoms with Crippen molar-refractivity contribution in [2.24, 2.45) is 5.92 Å². The van der Waals surface area contributed by atoms with Gasteiger partial charge in [-0.25, -0.2) is 0 Å². The van der Waals surface area contributed by atoms with Crippen LogP contribution in [0.15, 0.2) is 0 Å². The molecule has 0 heterocycles. The highest BCUT2D eigenvalue weighted by Crippen LogP contribution is 2.13. The van der Waals surface area contributed by atoms with Crippen LogP contribution in [-0.2, 0) is 0 Å². The maximum Gasteiger partial charge on any atom is 0.0577 e. The molecular formula is C7H14Cl2O. The molecule has 1 nitrogen and oxygen atoms in total. The van der Waals surface area contributed by atoms with Gasteiger partial charge in [-0.05, 0) is 12.3 Å². The van der Waals surface area contributed by atoms with Gasteiger partial charge in [0, 0.05) is 11.3 Å². The van der Waals surface area contributed by atoms with Crippen LogP contribution < -0.4 is 0 Å². The maximum atomic E-state index is 9.28. The van der Waals surface area contributed by atoms with E-state index in [1.807, 2.05) is 13.8 Å². The lowest BCUT2D eigenvalue weighted by Gasteiger charge is -2.15. The summed E-state index contributed by atoms with van der Waals surface area (Å²) in [5.74, 6) is 0.676. The highest BCUT2D eigenvalue weighted by atomic mass is 35.5. The van der Waals surface area contributed by atoms with E-state index in [9.17, 15) is 5.11 Å². The van der Waals surface area contributed by atoms with Crippen LogP contribution in [0.5, 0.6) is 0 Å². The third-order valence-electron chi connectivity index (χ3n) is 1.43. The predicted molar refractivity (Wildman–Crippen MR) is 45.8 cm³/mol. The minimum atomic E-state index is -0.318. The topological polar surface area (TPSA) is 20.2 Å². The number of hydrogen-bond donors (Lipinski definition) is 1. The van der Waals surface area contributed by atoms with Gasteiger partial charge in [0.05, 0.1) is 6.10 Å². The zero-order valence-electron chi connectivity index (χ0n) is 6.35. The monoisotopic (exact) mass is 184 g/mol. The highest BCUT2D eigenvalue weighted by Gasteiger charge is 2.13. The van der Waals surface area contributed by atoms with Gasteiger partial charge >= 0.3 is 0 Å². The summed E-state index contributed by atoms with van der Waals surface area (Å²) in [7, 11) is 0. The molecule has 10 heavy (non-hydrogen) atoms. The molecule has 0 fully saturated rings. The Morgan fingerprint density at radius 1 is 1.40 bits per heavy atom. The molecule has 62 valence electrons. The number of alkyl halides is 2. The lowest BCUT2D eigenvalue weighted by molar-refractivity contribution is 0.116. The summed E-state index contributed by atoms with van der Waals surface area (Å²) >= 11 is 11.2. The fraction of sp³-hybridized carbons (Fsp3) is 1.00. The molecule has 0 aliphatic carbocycles. The molecular weight excluding hydrogens is 171 g/mol. The molecule has 0 aliphatic rings. The van der Waals surface area contributed by atoms with E-state index in [1.54, 1.807) is 0 Å². The van der Waals surface area contributed by atoms with Gasteiger partial charge in [-0.15, -0.1) is 23.2 Å². The maximum absolute atomic E-state index is 9.28. The van der Waals surface area contributed by atoms with E-state index >= 15 is 0 Å². The molecule has 3 heteroatoms. The molecule has 0 bridgehead atoms. The smallest absolute Gasteiger partial charge is 0.0577 e. The predicted octanol–water partition coefficient (Wildman–Crippen LogP) is 2.24. The molecule has 0 aliphatic heterocycles. The number of halogens is 2. The lowest BCUT2D eigenvalue weighted by atomic mass is 10.0. The summed E-state index contributed by atoms with van der Waals surface area (Å²) in [4.78, 5) is 0. The van der Waals surface area contributed by atoms with Crippen LogP contribution in [-0.4, -0.2) is 22.5 Å². The van der Waals surface area contributed by atoms with Crippen molar-refractivity contribution in [2.45, 2.75) is 31.7 Å². The van der Waals surface area contributed by atoms with E-state index in [-0.39, 0.29) is 17.4 Å². The Labute approximate surface area is 72.3 Å². The fourth-order valence-corrected chi connectivity index (χ4v) is 0.906. The third-order valence-corrected chi connectivity index (χ3v) is 2.30. The molecule has 0 radical (unpaired) electrons. The van der Waals surface area contributed by atoms with Crippen molar-refractivity contribution >= 4 is 23.2 Å². The quantitative estimate of drug-likeness (QED) is 0.666. The Balaban J connectivity index is 3.46. The van der Waals surface area contributed by atoms with E-state index < -0.39 is 0 Å². The van der Waals surface area contributed by atoms with E-state index in [0.717, 1.165) is 0 Å². The van der Waals surface area contributed by atoms with Crippen LogP contribution >= 0.6 is 23.2 Å². The van der Waals surface area contributed by atoms with Crippen LogP contribution in [0.3, 0.4) is 0 Å². The molecule has 0 aromatic heterocycles.